The van der Waals surface area contributed by atoms with Gasteiger partial charge in [-0.15, -0.1) is 0 Å². The highest BCUT2D eigenvalue weighted by Gasteiger charge is 2.33. The number of rotatable bonds is 4. The van der Waals surface area contributed by atoms with Crippen LogP contribution in [-0.4, -0.2) is 36.0 Å². The van der Waals surface area contributed by atoms with E-state index in [1.165, 1.54) is 0 Å². The second kappa shape index (κ2) is 5.39. The van der Waals surface area contributed by atoms with Crippen LogP contribution in [0.1, 0.15) is 26.7 Å². The Bertz CT molecular complexity index is 261. The van der Waals surface area contributed by atoms with Gasteiger partial charge in [-0.1, -0.05) is 25.6 Å². The first-order valence-corrected chi connectivity index (χ1v) is 6.30. The van der Waals surface area contributed by atoms with Crippen LogP contribution in [0.4, 0.5) is 0 Å². The molecule has 0 aromatic heterocycles. The van der Waals surface area contributed by atoms with Crippen molar-refractivity contribution in [2.24, 2.45) is 4.99 Å². The van der Waals surface area contributed by atoms with Gasteiger partial charge in [-0.05, 0) is 12.8 Å². The maximum atomic E-state index is 11.0. The molecule has 1 fully saturated rings. The molecule has 0 saturated carbocycles. The summed E-state index contributed by atoms with van der Waals surface area (Å²) in [6.07, 6.45) is 2.19. The number of hydrogen-bond donors (Lipinski definition) is 2. The normalized spacial score (nSPS) is 21.4. The standard InChI is InChI=1S/C10H19N3OS/c1-4-10(5-2)7-15-9(13-10)12-6-8(14)11-3/h4-7H2,1-3H3,(H,11,14)(H,12,13). The predicted octanol–water partition coefficient (Wildman–Crippen LogP) is 0.984. The van der Waals surface area contributed by atoms with Crippen molar-refractivity contribution in [1.82, 2.24) is 10.6 Å². The zero-order valence-corrected chi connectivity index (χ0v) is 10.4. The average Bonchev–Trinajstić information content (AvgIpc) is 2.70. The van der Waals surface area contributed by atoms with Gasteiger partial charge in [0, 0.05) is 18.3 Å². The predicted molar refractivity (Wildman–Crippen MR) is 65.3 cm³/mol. The summed E-state index contributed by atoms with van der Waals surface area (Å²) in [5.41, 5.74) is 0.187. The van der Waals surface area contributed by atoms with Gasteiger partial charge in [0.2, 0.25) is 5.91 Å². The van der Waals surface area contributed by atoms with Crippen molar-refractivity contribution in [3.8, 4) is 0 Å². The SMILES string of the molecule is CCC1(CC)CSC(=NCC(=O)NC)N1. The van der Waals surface area contributed by atoms with Crippen molar-refractivity contribution in [3.05, 3.63) is 0 Å². The van der Waals surface area contributed by atoms with Gasteiger partial charge in [-0.25, -0.2) is 0 Å². The second-order valence-corrected chi connectivity index (χ2v) is 4.66. The minimum atomic E-state index is -0.0459. The first-order valence-electron chi connectivity index (χ1n) is 5.32. The Morgan fingerprint density at radius 2 is 2.27 bits per heavy atom. The fourth-order valence-corrected chi connectivity index (χ4v) is 2.78. The Morgan fingerprint density at radius 3 is 2.73 bits per heavy atom. The highest BCUT2D eigenvalue weighted by molar-refractivity contribution is 8.14. The minimum Gasteiger partial charge on any atom is -0.359 e. The molecular weight excluding hydrogens is 210 g/mol. The minimum absolute atomic E-state index is 0.0459. The van der Waals surface area contributed by atoms with E-state index >= 15 is 0 Å². The number of carbonyl (C=O) groups is 1. The number of amides is 1. The highest BCUT2D eigenvalue weighted by atomic mass is 32.2. The van der Waals surface area contributed by atoms with Gasteiger partial charge in [-0.3, -0.25) is 9.79 Å². The monoisotopic (exact) mass is 229 g/mol. The van der Waals surface area contributed by atoms with Gasteiger partial charge < -0.3 is 10.6 Å². The number of aliphatic imine (C=N–C) groups is 1. The van der Waals surface area contributed by atoms with Crippen LogP contribution in [0.25, 0.3) is 0 Å². The van der Waals surface area contributed by atoms with E-state index in [0.29, 0.717) is 0 Å². The lowest BCUT2D eigenvalue weighted by Crippen LogP contribution is -2.42. The number of nitrogens with zero attached hydrogens (tertiary/aromatic N) is 1. The van der Waals surface area contributed by atoms with Crippen molar-refractivity contribution < 1.29 is 4.79 Å². The Kier molecular flexibility index (Phi) is 4.45. The molecule has 2 N–H and O–H groups in total. The number of nitrogens with one attached hydrogen (secondary N) is 2. The summed E-state index contributed by atoms with van der Waals surface area (Å²) in [4.78, 5) is 15.3. The lowest BCUT2D eigenvalue weighted by atomic mass is 9.96. The Balaban J connectivity index is 2.51. The van der Waals surface area contributed by atoms with Gasteiger partial charge in [-0.2, -0.15) is 0 Å². The molecule has 0 unspecified atom stereocenters. The third kappa shape index (κ3) is 3.12. The molecule has 0 aromatic rings. The van der Waals surface area contributed by atoms with Crippen LogP contribution in [-0.2, 0) is 4.79 Å². The van der Waals surface area contributed by atoms with Gasteiger partial charge in [0.05, 0.1) is 0 Å². The van der Waals surface area contributed by atoms with Gasteiger partial charge in [0.25, 0.3) is 0 Å². The Morgan fingerprint density at radius 1 is 1.60 bits per heavy atom. The molecule has 86 valence electrons. The van der Waals surface area contributed by atoms with Gasteiger partial charge >= 0.3 is 0 Å². The van der Waals surface area contributed by atoms with E-state index < -0.39 is 0 Å². The summed E-state index contributed by atoms with van der Waals surface area (Å²) >= 11 is 1.71. The van der Waals surface area contributed by atoms with E-state index in [4.69, 9.17) is 0 Å². The maximum absolute atomic E-state index is 11.0. The summed E-state index contributed by atoms with van der Waals surface area (Å²) in [6, 6.07) is 0. The first kappa shape index (κ1) is 12.4. The molecule has 0 bridgehead atoms. The van der Waals surface area contributed by atoms with Crippen molar-refractivity contribution >= 4 is 22.8 Å². The van der Waals surface area contributed by atoms with Crippen LogP contribution >= 0.6 is 11.8 Å². The Labute approximate surface area is 95.3 Å². The number of hydrogen-bond acceptors (Lipinski definition) is 3. The summed E-state index contributed by atoms with van der Waals surface area (Å²) in [5.74, 6) is 1.00. The zero-order chi connectivity index (χ0) is 11.3. The molecule has 5 heteroatoms. The average molecular weight is 229 g/mol. The van der Waals surface area contributed by atoms with Crippen molar-refractivity contribution in [2.75, 3.05) is 19.3 Å². The van der Waals surface area contributed by atoms with Crippen molar-refractivity contribution in [2.45, 2.75) is 32.2 Å². The molecule has 1 aliphatic heterocycles. The molecule has 15 heavy (non-hydrogen) atoms. The molecule has 0 spiro atoms. The fraction of sp³-hybridized carbons (Fsp3) is 0.800. The summed E-state index contributed by atoms with van der Waals surface area (Å²) in [7, 11) is 1.63. The molecule has 0 atom stereocenters. The molecular formula is C10H19N3OS. The molecule has 0 radical (unpaired) electrons. The molecule has 0 aliphatic carbocycles. The quantitative estimate of drug-likeness (QED) is 0.755. The van der Waals surface area contributed by atoms with Crippen molar-refractivity contribution in [1.29, 1.82) is 0 Å². The zero-order valence-electron chi connectivity index (χ0n) is 9.59. The molecule has 4 nitrogen and oxygen atoms in total. The topological polar surface area (TPSA) is 53.5 Å². The van der Waals surface area contributed by atoms with E-state index in [1.54, 1.807) is 18.8 Å². The van der Waals surface area contributed by atoms with E-state index in [2.05, 4.69) is 29.5 Å². The highest BCUT2D eigenvalue weighted by Crippen LogP contribution is 2.28. The number of amidine groups is 1. The maximum Gasteiger partial charge on any atom is 0.241 e. The van der Waals surface area contributed by atoms with Crippen LogP contribution in [0, 0.1) is 0 Å². The summed E-state index contributed by atoms with van der Waals surface area (Å²) in [6.45, 7) is 4.58. The molecule has 1 amide bonds. The van der Waals surface area contributed by atoms with E-state index in [1.807, 2.05) is 0 Å². The smallest absolute Gasteiger partial charge is 0.241 e. The molecule has 1 heterocycles. The third-order valence-corrected chi connectivity index (χ3v) is 4.06. The Hall–Kier alpha value is -0.710. The number of likely N-dealkylation sites (N-methyl/N-ethyl adjacent to an activating group) is 1. The van der Waals surface area contributed by atoms with Crippen LogP contribution < -0.4 is 10.6 Å². The lowest BCUT2D eigenvalue weighted by Gasteiger charge is -2.25. The van der Waals surface area contributed by atoms with Gasteiger partial charge in [0.15, 0.2) is 5.17 Å². The molecule has 1 saturated heterocycles. The first-order chi connectivity index (χ1) is 7.15. The van der Waals surface area contributed by atoms with Gasteiger partial charge in [0.1, 0.15) is 6.54 Å². The largest absolute Gasteiger partial charge is 0.359 e. The van der Waals surface area contributed by atoms with Crippen LogP contribution in [0.15, 0.2) is 4.99 Å². The lowest BCUT2D eigenvalue weighted by molar-refractivity contribution is -0.119. The number of thioether (sulfide) groups is 1. The second-order valence-electron chi connectivity index (χ2n) is 3.70. The fourth-order valence-electron chi connectivity index (χ4n) is 1.44. The van der Waals surface area contributed by atoms with E-state index in [9.17, 15) is 4.79 Å². The van der Waals surface area contributed by atoms with Crippen molar-refractivity contribution in [3.63, 3.8) is 0 Å². The molecule has 1 aliphatic rings. The summed E-state index contributed by atoms with van der Waals surface area (Å²) in [5, 5.41) is 6.88. The third-order valence-electron chi connectivity index (χ3n) is 2.86. The van der Waals surface area contributed by atoms with E-state index in [0.717, 1.165) is 23.8 Å². The van der Waals surface area contributed by atoms with Crippen LogP contribution in [0.2, 0.25) is 0 Å². The van der Waals surface area contributed by atoms with E-state index in [-0.39, 0.29) is 18.0 Å². The molecule has 0 aromatic carbocycles. The number of carbonyl (C=O) groups excluding carboxylic acids is 1. The van der Waals surface area contributed by atoms with Crippen LogP contribution in [0.3, 0.4) is 0 Å². The van der Waals surface area contributed by atoms with Crippen LogP contribution in [0.5, 0.6) is 0 Å². The molecule has 1 rings (SSSR count). The summed E-state index contributed by atoms with van der Waals surface area (Å²) < 4.78 is 0.